The summed E-state index contributed by atoms with van der Waals surface area (Å²) in [5, 5.41) is 6.60. The summed E-state index contributed by atoms with van der Waals surface area (Å²) < 4.78 is 10.4. The Morgan fingerprint density at radius 2 is 1.95 bits per heavy atom. The summed E-state index contributed by atoms with van der Waals surface area (Å²) in [4.78, 5) is 4.73. The van der Waals surface area contributed by atoms with Gasteiger partial charge in [-0.2, -0.15) is 0 Å². The molecule has 0 aromatic rings. The number of rotatable bonds is 10. The first kappa shape index (κ1) is 17.2. The lowest BCUT2D eigenvalue weighted by Gasteiger charge is -2.40. The van der Waals surface area contributed by atoms with Crippen molar-refractivity contribution < 1.29 is 9.47 Å². The van der Waals surface area contributed by atoms with Gasteiger partial charge in [0.15, 0.2) is 5.96 Å². The van der Waals surface area contributed by atoms with Crippen LogP contribution in [-0.4, -0.2) is 52.5 Å². The first-order chi connectivity index (χ1) is 9.76. The van der Waals surface area contributed by atoms with Crippen molar-refractivity contribution in [2.75, 3.05) is 46.6 Å². The normalized spacial score (nSPS) is 17.6. The number of hydrogen-bond acceptors (Lipinski definition) is 3. The van der Waals surface area contributed by atoms with E-state index in [1.54, 1.807) is 7.11 Å². The summed E-state index contributed by atoms with van der Waals surface area (Å²) in [6.07, 6.45) is 5.25. The maximum atomic E-state index is 5.43. The fourth-order valence-corrected chi connectivity index (χ4v) is 2.37. The monoisotopic (exact) mass is 285 g/mol. The number of nitrogens with zero attached hydrogens (tertiary/aromatic N) is 1. The Morgan fingerprint density at radius 1 is 1.15 bits per heavy atom. The van der Waals surface area contributed by atoms with E-state index in [2.05, 4.69) is 24.5 Å². The zero-order valence-electron chi connectivity index (χ0n) is 13.3. The minimum atomic E-state index is 0.470. The van der Waals surface area contributed by atoms with Crippen LogP contribution in [0.4, 0.5) is 0 Å². The van der Waals surface area contributed by atoms with Crippen LogP contribution < -0.4 is 10.6 Å². The van der Waals surface area contributed by atoms with Crippen LogP contribution >= 0.6 is 0 Å². The standard InChI is InChI=1S/C15H31N3O2/c1-4-15(7-6-8-15)13-18-14(16-5-2)17-9-10-20-12-11-19-3/h4-13H2,1-3H3,(H2,16,17,18). The molecule has 1 fully saturated rings. The van der Waals surface area contributed by atoms with E-state index in [1.165, 1.54) is 25.7 Å². The van der Waals surface area contributed by atoms with Gasteiger partial charge in [0.2, 0.25) is 0 Å². The maximum Gasteiger partial charge on any atom is 0.191 e. The van der Waals surface area contributed by atoms with Gasteiger partial charge in [-0.3, -0.25) is 4.99 Å². The van der Waals surface area contributed by atoms with Crippen LogP contribution in [0.25, 0.3) is 0 Å². The molecule has 5 nitrogen and oxygen atoms in total. The van der Waals surface area contributed by atoms with Crippen molar-refractivity contribution in [2.45, 2.75) is 39.5 Å². The third-order valence-electron chi connectivity index (χ3n) is 4.05. The summed E-state index contributed by atoms with van der Waals surface area (Å²) >= 11 is 0. The highest BCUT2D eigenvalue weighted by Gasteiger charge is 2.34. The number of aliphatic imine (C=N–C) groups is 1. The van der Waals surface area contributed by atoms with Gasteiger partial charge in [-0.15, -0.1) is 0 Å². The van der Waals surface area contributed by atoms with Gasteiger partial charge >= 0.3 is 0 Å². The molecule has 1 aliphatic carbocycles. The molecule has 1 saturated carbocycles. The van der Waals surface area contributed by atoms with Gasteiger partial charge in [-0.1, -0.05) is 13.3 Å². The Hall–Kier alpha value is -0.810. The van der Waals surface area contributed by atoms with Crippen molar-refractivity contribution >= 4 is 5.96 Å². The molecule has 1 rings (SSSR count). The number of ether oxygens (including phenoxy) is 2. The van der Waals surface area contributed by atoms with Gasteiger partial charge in [-0.05, 0) is 31.6 Å². The van der Waals surface area contributed by atoms with Crippen LogP contribution in [0.15, 0.2) is 4.99 Å². The lowest BCUT2D eigenvalue weighted by atomic mass is 9.67. The molecule has 0 aromatic heterocycles. The number of hydrogen-bond donors (Lipinski definition) is 2. The molecule has 0 saturated heterocycles. The molecule has 20 heavy (non-hydrogen) atoms. The molecular formula is C15H31N3O2. The predicted molar refractivity (Wildman–Crippen MR) is 83.3 cm³/mol. The van der Waals surface area contributed by atoms with Gasteiger partial charge in [-0.25, -0.2) is 0 Å². The Kier molecular flexibility index (Phi) is 8.62. The Morgan fingerprint density at radius 3 is 2.50 bits per heavy atom. The molecule has 0 bridgehead atoms. The minimum absolute atomic E-state index is 0.470. The Bertz CT molecular complexity index is 273. The molecule has 2 N–H and O–H groups in total. The molecule has 0 spiro atoms. The van der Waals surface area contributed by atoms with E-state index >= 15 is 0 Å². The SMILES string of the molecule is CCNC(=NCC1(CC)CCC1)NCCOCCOC. The molecule has 0 amide bonds. The van der Waals surface area contributed by atoms with Crippen LogP contribution in [0.1, 0.15) is 39.5 Å². The zero-order valence-corrected chi connectivity index (χ0v) is 13.3. The van der Waals surface area contributed by atoms with Crippen molar-refractivity contribution in [1.82, 2.24) is 10.6 Å². The lowest BCUT2D eigenvalue weighted by Crippen LogP contribution is -2.41. The Labute approximate surface area is 123 Å². The first-order valence-electron chi connectivity index (χ1n) is 7.85. The van der Waals surface area contributed by atoms with Gasteiger partial charge in [0.25, 0.3) is 0 Å². The Balaban J connectivity index is 2.24. The third-order valence-corrected chi connectivity index (χ3v) is 4.05. The fourth-order valence-electron chi connectivity index (χ4n) is 2.37. The van der Waals surface area contributed by atoms with Gasteiger partial charge < -0.3 is 20.1 Å². The van der Waals surface area contributed by atoms with Crippen molar-refractivity contribution in [1.29, 1.82) is 0 Å². The highest BCUT2D eigenvalue weighted by Crippen LogP contribution is 2.43. The number of methoxy groups -OCH3 is 1. The largest absolute Gasteiger partial charge is 0.382 e. The summed E-state index contributed by atoms with van der Waals surface area (Å²) in [5.41, 5.74) is 0.470. The van der Waals surface area contributed by atoms with Crippen LogP contribution in [0.2, 0.25) is 0 Å². The summed E-state index contributed by atoms with van der Waals surface area (Å²) in [5.74, 6) is 0.905. The summed E-state index contributed by atoms with van der Waals surface area (Å²) in [7, 11) is 1.68. The van der Waals surface area contributed by atoms with Crippen LogP contribution in [-0.2, 0) is 9.47 Å². The number of nitrogens with one attached hydrogen (secondary N) is 2. The quantitative estimate of drug-likeness (QED) is 0.365. The molecule has 0 atom stereocenters. The van der Waals surface area contributed by atoms with Crippen molar-refractivity contribution in [2.24, 2.45) is 10.4 Å². The second-order valence-corrected chi connectivity index (χ2v) is 5.43. The van der Waals surface area contributed by atoms with E-state index < -0.39 is 0 Å². The molecular weight excluding hydrogens is 254 g/mol. The van der Waals surface area contributed by atoms with E-state index in [1.807, 2.05) is 0 Å². The van der Waals surface area contributed by atoms with Crippen LogP contribution in [0.3, 0.4) is 0 Å². The smallest absolute Gasteiger partial charge is 0.191 e. The zero-order chi connectivity index (χ0) is 14.7. The fraction of sp³-hybridized carbons (Fsp3) is 0.933. The first-order valence-corrected chi connectivity index (χ1v) is 7.85. The minimum Gasteiger partial charge on any atom is -0.382 e. The van der Waals surface area contributed by atoms with Crippen molar-refractivity contribution in [3.8, 4) is 0 Å². The van der Waals surface area contributed by atoms with Crippen molar-refractivity contribution in [3.05, 3.63) is 0 Å². The van der Waals surface area contributed by atoms with E-state index in [-0.39, 0.29) is 0 Å². The van der Waals surface area contributed by atoms with Crippen molar-refractivity contribution in [3.63, 3.8) is 0 Å². The highest BCUT2D eigenvalue weighted by atomic mass is 16.5. The van der Waals surface area contributed by atoms with E-state index in [0.29, 0.717) is 25.2 Å². The predicted octanol–water partition coefficient (Wildman–Crippen LogP) is 1.78. The third kappa shape index (κ3) is 6.09. The second kappa shape index (κ2) is 10.00. The molecule has 1 aliphatic rings. The molecule has 0 aliphatic heterocycles. The molecule has 118 valence electrons. The van der Waals surface area contributed by atoms with E-state index in [0.717, 1.165) is 25.6 Å². The summed E-state index contributed by atoms with van der Waals surface area (Å²) in [6, 6.07) is 0. The van der Waals surface area contributed by atoms with Gasteiger partial charge in [0, 0.05) is 26.7 Å². The second-order valence-electron chi connectivity index (χ2n) is 5.43. The van der Waals surface area contributed by atoms with Gasteiger partial charge in [0.05, 0.1) is 19.8 Å². The molecule has 5 heteroatoms. The van der Waals surface area contributed by atoms with Crippen LogP contribution in [0.5, 0.6) is 0 Å². The number of guanidine groups is 1. The maximum absolute atomic E-state index is 5.43. The van der Waals surface area contributed by atoms with E-state index in [9.17, 15) is 0 Å². The van der Waals surface area contributed by atoms with Crippen LogP contribution in [0, 0.1) is 5.41 Å². The van der Waals surface area contributed by atoms with E-state index in [4.69, 9.17) is 14.5 Å². The van der Waals surface area contributed by atoms with Gasteiger partial charge in [0.1, 0.15) is 0 Å². The highest BCUT2D eigenvalue weighted by molar-refractivity contribution is 5.79. The average Bonchev–Trinajstić information content (AvgIpc) is 2.41. The topological polar surface area (TPSA) is 54.9 Å². The molecule has 0 radical (unpaired) electrons. The average molecular weight is 285 g/mol. The molecule has 0 unspecified atom stereocenters. The lowest BCUT2D eigenvalue weighted by molar-refractivity contribution is 0.0733. The molecule has 0 heterocycles. The molecule has 0 aromatic carbocycles. The summed E-state index contributed by atoms with van der Waals surface area (Å²) in [6.45, 7) is 8.92.